The number of esters is 3. The average Bonchev–Trinajstić information content (AvgIpc) is 3.26. The van der Waals surface area contributed by atoms with Gasteiger partial charge < -0.3 is 14.2 Å². The van der Waals surface area contributed by atoms with Crippen LogP contribution < -0.4 is 0 Å². The van der Waals surface area contributed by atoms with Gasteiger partial charge in [-0.05, 0) is 72.9 Å². The average molecular weight is 523 g/mol. The first-order valence-corrected chi connectivity index (χ1v) is 13.0. The van der Waals surface area contributed by atoms with Crippen molar-refractivity contribution < 1.29 is 33.4 Å². The quantitative estimate of drug-likeness (QED) is 0.264. The summed E-state index contributed by atoms with van der Waals surface area (Å²) in [6.07, 6.45) is -0.303. The maximum absolute atomic E-state index is 13.1. The zero-order valence-corrected chi connectivity index (χ0v) is 23.3. The Balaban J connectivity index is 1.73. The third-order valence-corrected chi connectivity index (χ3v) is 6.26. The molecule has 0 saturated heterocycles. The van der Waals surface area contributed by atoms with E-state index in [-0.39, 0.29) is 18.6 Å². The second kappa shape index (κ2) is 11.5. The topological polar surface area (TPSA) is 96.0 Å². The summed E-state index contributed by atoms with van der Waals surface area (Å²) in [6.45, 7) is 12.3. The molecule has 2 aromatic carbocycles. The molecule has 4 atom stereocenters. The minimum Gasteiger partial charge on any atom is -0.462 e. The van der Waals surface area contributed by atoms with Gasteiger partial charge in [-0.1, -0.05) is 48.5 Å². The molecule has 204 valence electrons. The van der Waals surface area contributed by atoms with Crippen LogP contribution in [0.25, 0.3) is 0 Å². The summed E-state index contributed by atoms with van der Waals surface area (Å²) in [7, 11) is 0. The number of benzene rings is 2. The molecule has 2 aromatic rings. The van der Waals surface area contributed by atoms with Crippen molar-refractivity contribution in [3.63, 3.8) is 0 Å². The summed E-state index contributed by atoms with van der Waals surface area (Å²) in [5.74, 6) is -3.84. The van der Waals surface area contributed by atoms with Crippen molar-refractivity contribution in [1.29, 1.82) is 0 Å². The van der Waals surface area contributed by atoms with Crippen molar-refractivity contribution in [3.05, 3.63) is 71.3 Å². The minimum atomic E-state index is -0.774. The molecule has 0 spiro atoms. The number of carbonyl (C=O) groups is 4. The SMILES string of the molecule is C[C@@H](C(=O)O[C@H]1CC(C(=O)OC(C)(C)C)[C@H](C(=O)OC(C)(C)C)C1)c1cccc(C(=O)c2ccccc2)c1. The van der Waals surface area contributed by atoms with Gasteiger partial charge in [-0.3, -0.25) is 19.2 Å². The molecular formula is C31H38O7. The lowest BCUT2D eigenvalue weighted by Crippen LogP contribution is -2.36. The molecule has 7 nitrogen and oxygen atoms in total. The smallest absolute Gasteiger partial charge is 0.313 e. The molecule has 0 N–H and O–H groups in total. The summed E-state index contributed by atoms with van der Waals surface area (Å²) in [5.41, 5.74) is 0.237. The van der Waals surface area contributed by atoms with Crippen LogP contribution in [0.3, 0.4) is 0 Å². The Labute approximate surface area is 224 Å². The fourth-order valence-electron chi connectivity index (χ4n) is 4.47. The fraction of sp³-hybridized carbons (Fsp3) is 0.484. The third-order valence-electron chi connectivity index (χ3n) is 6.26. The predicted octanol–water partition coefficient (Wildman–Crippen LogP) is 5.64. The van der Waals surface area contributed by atoms with Crippen LogP contribution in [0.2, 0.25) is 0 Å². The first-order chi connectivity index (χ1) is 17.6. The van der Waals surface area contributed by atoms with Gasteiger partial charge in [-0.2, -0.15) is 0 Å². The predicted molar refractivity (Wildman–Crippen MR) is 143 cm³/mol. The summed E-state index contributed by atoms with van der Waals surface area (Å²) in [5, 5.41) is 0. The van der Waals surface area contributed by atoms with Crippen LogP contribution in [0.1, 0.15) is 88.7 Å². The molecule has 0 bridgehead atoms. The monoisotopic (exact) mass is 522 g/mol. The van der Waals surface area contributed by atoms with E-state index < -0.39 is 53.0 Å². The Bertz CT molecular complexity index is 1130. The van der Waals surface area contributed by atoms with E-state index in [9.17, 15) is 19.2 Å². The summed E-state index contributed by atoms with van der Waals surface area (Å²) in [6, 6.07) is 15.9. The van der Waals surface area contributed by atoms with Gasteiger partial charge in [-0.25, -0.2) is 0 Å². The highest BCUT2D eigenvalue weighted by atomic mass is 16.6. The van der Waals surface area contributed by atoms with E-state index in [2.05, 4.69) is 0 Å². The van der Waals surface area contributed by atoms with Crippen LogP contribution in [0.5, 0.6) is 0 Å². The van der Waals surface area contributed by atoms with E-state index >= 15 is 0 Å². The third kappa shape index (κ3) is 7.76. The Hall–Kier alpha value is -3.48. The number of carbonyl (C=O) groups excluding carboxylic acids is 4. The van der Waals surface area contributed by atoms with Crippen LogP contribution in [0.15, 0.2) is 54.6 Å². The molecule has 7 heteroatoms. The molecule has 0 amide bonds. The number of ether oxygens (including phenoxy) is 3. The standard InChI is InChI=1S/C31H38O7/c1-19(21-14-11-15-22(16-21)26(32)20-12-9-8-10-13-20)27(33)36-23-17-24(28(34)37-30(2,3)4)25(18-23)29(35)38-31(5,6)7/h8-16,19,23-25H,17-18H2,1-7H3/t19-,23-,24-,25?/m1/s1. The van der Waals surface area contributed by atoms with E-state index in [1.54, 1.807) is 97.0 Å². The number of hydrogen-bond donors (Lipinski definition) is 0. The first kappa shape index (κ1) is 29.1. The number of hydrogen-bond acceptors (Lipinski definition) is 7. The summed E-state index contributed by atoms with van der Waals surface area (Å²) >= 11 is 0. The largest absolute Gasteiger partial charge is 0.462 e. The van der Waals surface area contributed by atoms with Crippen molar-refractivity contribution in [2.24, 2.45) is 11.8 Å². The lowest BCUT2D eigenvalue weighted by atomic mass is 9.95. The maximum Gasteiger partial charge on any atom is 0.313 e. The maximum atomic E-state index is 13.1. The number of ketones is 1. The Morgan fingerprint density at radius 2 is 1.24 bits per heavy atom. The van der Waals surface area contributed by atoms with Gasteiger partial charge in [-0.15, -0.1) is 0 Å². The highest BCUT2D eigenvalue weighted by Gasteiger charge is 2.47. The van der Waals surface area contributed by atoms with Crippen LogP contribution in [0, 0.1) is 11.8 Å². The molecule has 38 heavy (non-hydrogen) atoms. The fourth-order valence-corrected chi connectivity index (χ4v) is 4.47. The van der Waals surface area contributed by atoms with E-state index in [0.29, 0.717) is 16.7 Å². The lowest BCUT2D eigenvalue weighted by molar-refractivity contribution is -0.171. The van der Waals surface area contributed by atoms with E-state index in [1.807, 2.05) is 6.07 Å². The zero-order valence-electron chi connectivity index (χ0n) is 23.3. The van der Waals surface area contributed by atoms with E-state index in [0.717, 1.165) is 0 Å². The van der Waals surface area contributed by atoms with Gasteiger partial charge in [0.1, 0.15) is 17.3 Å². The molecule has 1 fully saturated rings. The molecule has 3 rings (SSSR count). The van der Waals surface area contributed by atoms with Crippen molar-refractivity contribution in [3.8, 4) is 0 Å². The molecule has 0 aliphatic heterocycles. The second-order valence-corrected chi connectivity index (χ2v) is 11.9. The molecule has 0 aromatic heterocycles. The lowest BCUT2D eigenvalue weighted by Gasteiger charge is -2.26. The Kier molecular flexibility index (Phi) is 8.80. The molecule has 0 heterocycles. The van der Waals surface area contributed by atoms with Gasteiger partial charge in [0.05, 0.1) is 17.8 Å². The van der Waals surface area contributed by atoms with Crippen LogP contribution in [0.4, 0.5) is 0 Å². The summed E-state index contributed by atoms with van der Waals surface area (Å²) < 4.78 is 16.9. The highest BCUT2D eigenvalue weighted by Crippen LogP contribution is 2.38. The number of rotatable bonds is 7. The molecule has 1 aliphatic carbocycles. The van der Waals surface area contributed by atoms with Crippen molar-refractivity contribution >= 4 is 23.7 Å². The highest BCUT2D eigenvalue weighted by molar-refractivity contribution is 6.09. The summed E-state index contributed by atoms with van der Waals surface area (Å²) in [4.78, 5) is 51.9. The van der Waals surface area contributed by atoms with Crippen LogP contribution in [-0.2, 0) is 28.6 Å². The van der Waals surface area contributed by atoms with Gasteiger partial charge in [0.25, 0.3) is 0 Å². The van der Waals surface area contributed by atoms with Crippen molar-refractivity contribution in [2.75, 3.05) is 0 Å². The first-order valence-electron chi connectivity index (χ1n) is 13.0. The van der Waals surface area contributed by atoms with E-state index in [1.165, 1.54) is 0 Å². The minimum absolute atomic E-state index is 0.135. The van der Waals surface area contributed by atoms with Gasteiger partial charge in [0, 0.05) is 11.1 Å². The van der Waals surface area contributed by atoms with Crippen LogP contribution >= 0.6 is 0 Å². The Morgan fingerprint density at radius 1 is 0.737 bits per heavy atom. The molecular weight excluding hydrogens is 484 g/mol. The second-order valence-electron chi connectivity index (χ2n) is 11.9. The van der Waals surface area contributed by atoms with Crippen LogP contribution in [-0.4, -0.2) is 41.0 Å². The normalized spacial score (nSPS) is 20.3. The van der Waals surface area contributed by atoms with Gasteiger partial charge >= 0.3 is 17.9 Å². The van der Waals surface area contributed by atoms with Gasteiger partial charge in [0.2, 0.25) is 0 Å². The van der Waals surface area contributed by atoms with E-state index in [4.69, 9.17) is 14.2 Å². The Morgan fingerprint density at radius 3 is 1.74 bits per heavy atom. The molecule has 1 aliphatic rings. The van der Waals surface area contributed by atoms with Crippen molar-refractivity contribution in [2.45, 2.75) is 84.5 Å². The molecule has 0 radical (unpaired) electrons. The molecule has 1 unspecified atom stereocenters. The van der Waals surface area contributed by atoms with Gasteiger partial charge in [0.15, 0.2) is 5.78 Å². The van der Waals surface area contributed by atoms with Crippen molar-refractivity contribution in [1.82, 2.24) is 0 Å². The zero-order chi connectivity index (χ0) is 28.3. The molecule has 1 saturated carbocycles.